The average Bonchev–Trinajstić information content (AvgIpc) is 2.52. The van der Waals surface area contributed by atoms with Gasteiger partial charge in [-0.2, -0.15) is 0 Å². The number of amides is 1. The molecule has 0 unspecified atom stereocenters. The number of carbonyl (C=O) groups excluding carboxylic acids is 1. The van der Waals surface area contributed by atoms with Gasteiger partial charge in [0.15, 0.2) is 0 Å². The van der Waals surface area contributed by atoms with E-state index in [1.807, 2.05) is 49.4 Å². The van der Waals surface area contributed by atoms with Gasteiger partial charge in [-0.25, -0.2) is 0 Å². The molecule has 0 saturated heterocycles. The molecule has 110 valence electrons. The first kappa shape index (κ1) is 15.3. The van der Waals surface area contributed by atoms with Crippen molar-refractivity contribution >= 4 is 5.91 Å². The Kier molecular flexibility index (Phi) is 5.12. The van der Waals surface area contributed by atoms with Gasteiger partial charge in [0.2, 0.25) is 5.91 Å². The Morgan fingerprint density at radius 3 is 2.48 bits per heavy atom. The van der Waals surface area contributed by atoms with Crippen LogP contribution in [0.15, 0.2) is 54.6 Å². The number of carbonyl (C=O) groups is 1. The summed E-state index contributed by atoms with van der Waals surface area (Å²) in [5, 5.41) is 0. The van der Waals surface area contributed by atoms with Crippen LogP contribution in [-0.4, -0.2) is 17.4 Å². The lowest BCUT2D eigenvalue weighted by molar-refractivity contribution is -0.133. The first-order chi connectivity index (χ1) is 10.1. The summed E-state index contributed by atoms with van der Waals surface area (Å²) in [6.45, 7) is 5.27. The van der Waals surface area contributed by atoms with Crippen LogP contribution in [0.5, 0.6) is 0 Å². The molecule has 0 heterocycles. The van der Waals surface area contributed by atoms with Gasteiger partial charge in [-0.3, -0.25) is 4.79 Å². The molecule has 1 amide bonds. The Bertz CT molecular complexity index is 595. The van der Waals surface area contributed by atoms with Crippen LogP contribution >= 0.6 is 0 Å². The van der Waals surface area contributed by atoms with E-state index in [9.17, 15) is 4.79 Å². The maximum atomic E-state index is 12.6. The maximum Gasteiger partial charge on any atom is 0.244 e. The minimum absolute atomic E-state index is 0.0368. The van der Waals surface area contributed by atoms with Crippen LogP contribution in [0.2, 0.25) is 0 Å². The highest BCUT2D eigenvalue weighted by Crippen LogP contribution is 2.15. The highest BCUT2D eigenvalue weighted by molar-refractivity contribution is 5.83. The third-order valence-electron chi connectivity index (χ3n) is 3.57. The summed E-state index contributed by atoms with van der Waals surface area (Å²) < 4.78 is 0. The zero-order valence-corrected chi connectivity index (χ0v) is 12.6. The van der Waals surface area contributed by atoms with Crippen LogP contribution < -0.4 is 5.73 Å². The summed E-state index contributed by atoms with van der Waals surface area (Å²) in [5.74, 6) is -0.0368. The maximum absolute atomic E-state index is 12.6. The average molecular weight is 282 g/mol. The highest BCUT2D eigenvalue weighted by atomic mass is 16.2. The van der Waals surface area contributed by atoms with E-state index in [1.165, 1.54) is 5.56 Å². The Hall–Kier alpha value is -2.13. The molecule has 0 aromatic heterocycles. The van der Waals surface area contributed by atoms with E-state index in [4.69, 9.17) is 5.73 Å². The largest absolute Gasteiger partial charge is 0.337 e. The lowest BCUT2D eigenvalue weighted by Gasteiger charge is -2.25. The second kappa shape index (κ2) is 7.04. The van der Waals surface area contributed by atoms with Gasteiger partial charge in [0.05, 0.1) is 0 Å². The second-order valence-corrected chi connectivity index (χ2v) is 5.23. The van der Waals surface area contributed by atoms with Gasteiger partial charge in [-0.1, -0.05) is 60.2 Å². The van der Waals surface area contributed by atoms with Crippen LogP contribution in [0.1, 0.15) is 29.7 Å². The summed E-state index contributed by atoms with van der Waals surface area (Å²) in [4.78, 5) is 14.4. The van der Waals surface area contributed by atoms with Gasteiger partial charge in [-0.05, 0) is 25.0 Å². The van der Waals surface area contributed by atoms with Crippen molar-refractivity contribution < 1.29 is 4.79 Å². The molecular weight excluding hydrogens is 260 g/mol. The van der Waals surface area contributed by atoms with Gasteiger partial charge in [0, 0.05) is 13.1 Å². The molecule has 0 aliphatic rings. The van der Waals surface area contributed by atoms with Crippen molar-refractivity contribution in [2.24, 2.45) is 5.73 Å². The smallest absolute Gasteiger partial charge is 0.244 e. The van der Waals surface area contributed by atoms with Crippen LogP contribution in [0.4, 0.5) is 0 Å². The third-order valence-corrected chi connectivity index (χ3v) is 3.57. The predicted octanol–water partition coefficient (Wildman–Crippen LogP) is 3.04. The molecule has 2 rings (SSSR count). The molecule has 1 atom stereocenters. The number of nitrogens with zero attached hydrogens (tertiary/aromatic N) is 1. The van der Waals surface area contributed by atoms with E-state index < -0.39 is 6.04 Å². The highest BCUT2D eigenvalue weighted by Gasteiger charge is 2.21. The van der Waals surface area contributed by atoms with Gasteiger partial charge in [0.25, 0.3) is 0 Å². The van der Waals surface area contributed by atoms with Gasteiger partial charge in [-0.15, -0.1) is 0 Å². The second-order valence-electron chi connectivity index (χ2n) is 5.23. The monoisotopic (exact) mass is 282 g/mol. The fourth-order valence-electron chi connectivity index (χ4n) is 2.38. The fraction of sp³-hybridized carbons (Fsp3) is 0.278. The zero-order valence-electron chi connectivity index (χ0n) is 12.6. The van der Waals surface area contributed by atoms with E-state index in [1.54, 1.807) is 4.90 Å². The molecule has 0 saturated carbocycles. The van der Waals surface area contributed by atoms with E-state index >= 15 is 0 Å². The van der Waals surface area contributed by atoms with Crippen LogP contribution in [0, 0.1) is 6.92 Å². The number of hydrogen-bond acceptors (Lipinski definition) is 2. The van der Waals surface area contributed by atoms with E-state index in [-0.39, 0.29) is 5.91 Å². The Balaban J connectivity index is 2.12. The standard InChI is InChI=1S/C18H22N2O/c1-3-20(13-15-9-7-8-14(2)12-15)18(21)17(19)16-10-5-4-6-11-16/h4-12,17H,3,13,19H2,1-2H3/t17-/m1/s1. The lowest BCUT2D eigenvalue weighted by Crippen LogP contribution is -2.38. The number of benzene rings is 2. The van der Waals surface area contributed by atoms with Gasteiger partial charge >= 0.3 is 0 Å². The first-order valence-electron chi connectivity index (χ1n) is 7.26. The molecule has 21 heavy (non-hydrogen) atoms. The molecule has 0 spiro atoms. The number of nitrogens with two attached hydrogens (primary N) is 1. The minimum Gasteiger partial charge on any atom is -0.337 e. The molecule has 0 radical (unpaired) electrons. The first-order valence-corrected chi connectivity index (χ1v) is 7.26. The number of likely N-dealkylation sites (N-methyl/N-ethyl adjacent to an activating group) is 1. The molecule has 2 N–H and O–H groups in total. The number of aryl methyl sites for hydroxylation is 1. The fourth-order valence-corrected chi connectivity index (χ4v) is 2.38. The van der Waals surface area contributed by atoms with Crippen molar-refractivity contribution in [3.05, 3.63) is 71.3 Å². The van der Waals surface area contributed by atoms with Crippen molar-refractivity contribution in [3.63, 3.8) is 0 Å². The summed E-state index contributed by atoms with van der Waals surface area (Å²) in [6, 6.07) is 17.1. The molecule has 0 aliphatic carbocycles. The molecule has 0 aliphatic heterocycles. The van der Waals surface area contributed by atoms with E-state index in [0.717, 1.165) is 11.1 Å². The normalized spacial score (nSPS) is 12.0. The SMILES string of the molecule is CCN(Cc1cccc(C)c1)C(=O)[C@H](N)c1ccccc1. The van der Waals surface area contributed by atoms with Crippen molar-refractivity contribution in [1.29, 1.82) is 0 Å². The molecule has 0 fully saturated rings. The summed E-state index contributed by atoms with van der Waals surface area (Å²) >= 11 is 0. The Morgan fingerprint density at radius 1 is 1.14 bits per heavy atom. The predicted molar refractivity (Wildman–Crippen MR) is 85.6 cm³/mol. The Labute approximate surface area is 126 Å². The van der Waals surface area contributed by atoms with Crippen LogP contribution in [0.3, 0.4) is 0 Å². The number of hydrogen-bond donors (Lipinski definition) is 1. The van der Waals surface area contributed by atoms with Crippen molar-refractivity contribution in [2.45, 2.75) is 26.4 Å². The molecule has 2 aromatic rings. The third kappa shape index (κ3) is 3.92. The van der Waals surface area contributed by atoms with Gasteiger partial charge < -0.3 is 10.6 Å². The summed E-state index contributed by atoms with van der Waals surface area (Å²) in [6.07, 6.45) is 0. The molecule has 3 nitrogen and oxygen atoms in total. The molecule has 3 heteroatoms. The number of rotatable bonds is 5. The quantitative estimate of drug-likeness (QED) is 0.916. The van der Waals surface area contributed by atoms with Crippen molar-refractivity contribution in [3.8, 4) is 0 Å². The molecular formula is C18H22N2O. The van der Waals surface area contributed by atoms with Gasteiger partial charge in [0.1, 0.15) is 6.04 Å². The summed E-state index contributed by atoms with van der Waals surface area (Å²) in [7, 11) is 0. The lowest BCUT2D eigenvalue weighted by atomic mass is 10.1. The molecule has 0 bridgehead atoms. The van der Waals surface area contributed by atoms with E-state index in [2.05, 4.69) is 19.1 Å². The summed E-state index contributed by atoms with van der Waals surface area (Å²) in [5.41, 5.74) is 9.29. The van der Waals surface area contributed by atoms with Crippen LogP contribution in [-0.2, 0) is 11.3 Å². The molecule has 2 aromatic carbocycles. The zero-order chi connectivity index (χ0) is 15.2. The topological polar surface area (TPSA) is 46.3 Å². The Morgan fingerprint density at radius 2 is 1.86 bits per heavy atom. The minimum atomic E-state index is -0.601. The van der Waals surface area contributed by atoms with Crippen molar-refractivity contribution in [1.82, 2.24) is 4.90 Å². The van der Waals surface area contributed by atoms with Crippen molar-refractivity contribution in [2.75, 3.05) is 6.54 Å². The van der Waals surface area contributed by atoms with E-state index in [0.29, 0.717) is 13.1 Å². The van der Waals surface area contributed by atoms with Crippen LogP contribution in [0.25, 0.3) is 0 Å².